The Morgan fingerprint density at radius 3 is 3.04 bits per heavy atom. The van der Waals surface area contributed by atoms with Crippen LogP contribution in [-0.2, 0) is 17.8 Å². The lowest BCUT2D eigenvalue weighted by atomic mass is 10.0. The van der Waals surface area contributed by atoms with E-state index < -0.39 is 11.9 Å². The molecule has 9 heteroatoms. The summed E-state index contributed by atoms with van der Waals surface area (Å²) in [6, 6.07) is 1.48. The van der Waals surface area contributed by atoms with Crippen molar-refractivity contribution in [2.45, 2.75) is 57.7 Å². The number of hydrogen-bond donors (Lipinski definition) is 1. The molecule has 2 aromatic rings. The Kier molecular flexibility index (Phi) is 4.21. The van der Waals surface area contributed by atoms with Gasteiger partial charge >= 0.3 is 0 Å². The molecule has 0 aliphatic carbocycles. The number of anilines is 1. The Morgan fingerprint density at radius 2 is 2.23 bits per heavy atom. The van der Waals surface area contributed by atoms with Crippen LogP contribution in [0.2, 0.25) is 0 Å². The molecular formula is C17H23N7O2. The molecule has 1 unspecified atom stereocenters. The lowest BCUT2D eigenvalue weighted by Gasteiger charge is -2.21. The van der Waals surface area contributed by atoms with E-state index in [-0.39, 0.29) is 11.7 Å². The molecule has 0 bridgehead atoms. The van der Waals surface area contributed by atoms with E-state index in [1.807, 2.05) is 4.68 Å². The van der Waals surface area contributed by atoms with Gasteiger partial charge in [-0.25, -0.2) is 14.3 Å². The summed E-state index contributed by atoms with van der Waals surface area (Å²) in [5.74, 6) is 1.18. The first-order valence-corrected chi connectivity index (χ1v) is 9.14. The molecule has 2 amide bonds. The molecule has 1 N–H and O–H groups in total. The van der Waals surface area contributed by atoms with Gasteiger partial charge < -0.3 is 5.32 Å². The monoisotopic (exact) mass is 357 g/mol. The lowest BCUT2D eigenvalue weighted by Crippen LogP contribution is -2.47. The van der Waals surface area contributed by atoms with Crippen molar-refractivity contribution in [2.24, 2.45) is 0 Å². The zero-order valence-electron chi connectivity index (χ0n) is 15.1. The van der Waals surface area contributed by atoms with E-state index in [4.69, 9.17) is 0 Å². The maximum absolute atomic E-state index is 12.7. The Balaban J connectivity index is 1.51. The van der Waals surface area contributed by atoms with E-state index in [1.165, 1.54) is 4.90 Å². The normalized spacial score (nSPS) is 22.5. The largest absolute Gasteiger partial charge is 0.337 e. The summed E-state index contributed by atoms with van der Waals surface area (Å²) in [4.78, 5) is 31.3. The van der Waals surface area contributed by atoms with Crippen LogP contribution >= 0.6 is 0 Å². The van der Waals surface area contributed by atoms with Crippen LogP contribution in [0.1, 0.15) is 55.1 Å². The molecule has 0 aromatic carbocycles. The average molecular weight is 357 g/mol. The fourth-order valence-corrected chi connectivity index (χ4v) is 3.77. The molecule has 0 saturated heterocycles. The van der Waals surface area contributed by atoms with Gasteiger partial charge in [-0.3, -0.25) is 14.5 Å². The molecule has 26 heavy (non-hydrogen) atoms. The number of hydrogen-bond acceptors (Lipinski definition) is 5. The molecule has 2 aliphatic rings. The van der Waals surface area contributed by atoms with Crippen LogP contribution < -0.4 is 10.2 Å². The second kappa shape index (κ2) is 6.54. The van der Waals surface area contributed by atoms with Crippen molar-refractivity contribution in [2.75, 3.05) is 11.9 Å². The van der Waals surface area contributed by atoms with Crippen LogP contribution in [0.3, 0.4) is 0 Å². The van der Waals surface area contributed by atoms with Crippen LogP contribution in [0, 0.1) is 0 Å². The predicted octanol–water partition coefficient (Wildman–Crippen LogP) is 0.927. The second-order valence-corrected chi connectivity index (χ2v) is 6.88. The van der Waals surface area contributed by atoms with Crippen molar-refractivity contribution >= 4 is 17.6 Å². The highest BCUT2D eigenvalue weighted by Gasteiger charge is 2.31. The standard InChI is InChI=1S/C17H23N7O2/c1-3-11-5-4-6-13-20-15(21-24(11)13)16(25)19-12-8-10-23-14(7-9-18-23)22(2)17(12)26/h7,9,11-12H,3-6,8,10H2,1-2H3,(H,19,25)/t11?,12-/m0/s1. The molecule has 2 atom stereocenters. The van der Waals surface area contributed by atoms with Crippen molar-refractivity contribution in [3.63, 3.8) is 0 Å². The van der Waals surface area contributed by atoms with Gasteiger partial charge in [0.05, 0.1) is 12.2 Å². The van der Waals surface area contributed by atoms with Gasteiger partial charge in [0.2, 0.25) is 5.82 Å². The predicted molar refractivity (Wildman–Crippen MR) is 93.8 cm³/mol. The van der Waals surface area contributed by atoms with Gasteiger partial charge in [-0.2, -0.15) is 5.10 Å². The lowest BCUT2D eigenvalue weighted by molar-refractivity contribution is -0.120. The van der Waals surface area contributed by atoms with Crippen LogP contribution in [0.15, 0.2) is 12.3 Å². The summed E-state index contributed by atoms with van der Waals surface area (Å²) in [5.41, 5.74) is 0. The van der Waals surface area contributed by atoms with Crippen LogP contribution in [-0.4, -0.2) is 49.4 Å². The molecule has 9 nitrogen and oxygen atoms in total. The second-order valence-electron chi connectivity index (χ2n) is 6.88. The molecule has 4 heterocycles. The smallest absolute Gasteiger partial charge is 0.291 e. The first kappa shape index (κ1) is 16.7. The number of nitrogens with one attached hydrogen (secondary N) is 1. The number of carbonyl (C=O) groups is 2. The molecule has 0 radical (unpaired) electrons. The van der Waals surface area contributed by atoms with Gasteiger partial charge in [-0.05, 0) is 25.7 Å². The summed E-state index contributed by atoms with van der Waals surface area (Å²) >= 11 is 0. The van der Waals surface area contributed by atoms with Crippen molar-refractivity contribution in [3.8, 4) is 0 Å². The third-order valence-corrected chi connectivity index (χ3v) is 5.26. The number of fused-ring (bicyclic) bond motifs is 2. The van der Waals surface area contributed by atoms with Crippen LogP contribution in [0.25, 0.3) is 0 Å². The minimum atomic E-state index is -0.614. The third kappa shape index (κ3) is 2.77. The fourth-order valence-electron chi connectivity index (χ4n) is 3.77. The molecule has 0 spiro atoms. The first-order valence-electron chi connectivity index (χ1n) is 9.14. The number of aryl methyl sites for hydroxylation is 2. The Hall–Kier alpha value is -2.71. The molecule has 0 fully saturated rings. The van der Waals surface area contributed by atoms with Gasteiger partial charge in [0.25, 0.3) is 11.8 Å². The molecule has 0 saturated carbocycles. The van der Waals surface area contributed by atoms with Gasteiger partial charge in [-0.1, -0.05) is 6.92 Å². The molecule has 2 aliphatic heterocycles. The van der Waals surface area contributed by atoms with E-state index in [0.29, 0.717) is 19.0 Å². The molecular weight excluding hydrogens is 334 g/mol. The van der Waals surface area contributed by atoms with Crippen molar-refractivity contribution < 1.29 is 9.59 Å². The minimum Gasteiger partial charge on any atom is -0.337 e. The number of likely N-dealkylation sites (N-methyl/N-ethyl adjacent to an activating group) is 1. The number of carbonyl (C=O) groups excluding carboxylic acids is 2. The quantitative estimate of drug-likeness (QED) is 0.881. The SMILES string of the molecule is CCC1CCCc2nc(C(=O)N[C@H]3CCn4nccc4N(C)C3=O)nn21. The maximum atomic E-state index is 12.7. The van der Waals surface area contributed by atoms with Crippen molar-refractivity contribution in [1.82, 2.24) is 29.9 Å². The summed E-state index contributed by atoms with van der Waals surface area (Å²) in [7, 11) is 1.69. The fraction of sp³-hybridized carbons (Fsp3) is 0.588. The number of rotatable bonds is 3. The van der Waals surface area contributed by atoms with Crippen molar-refractivity contribution in [3.05, 3.63) is 23.9 Å². The topological polar surface area (TPSA) is 97.9 Å². The van der Waals surface area contributed by atoms with Gasteiger partial charge in [0.1, 0.15) is 17.7 Å². The van der Waals surface area contributed by atoms with E-state index in [9.17, 15) is 9.59 Å². The number of aromatic nitrogens is 5. The number of nitrogens with zero attached hydrogens (tertiary/aromatic N) is 6. The van der Waals surface area contributed by atoms with E-state index >= 15 is 0 Å². The van der Waals surface area contributed by atoms with Gasteiger partial charge in [-0.15, -0.1) is 5.10 Å². The zero-order valence-corrected chi connectivity index (χ0v) is 15.1. The van der Waals surface area contributed by atoms with Crippen molar-refractivity contribution in [1.29, 1.82) is 0 Å². The number of amides is 2. The Bertz CT molecular complexity index is 840. The summed E-state index contributed by atoms with van der Waals surface area (Å²) in [6.07, 6.45) is 6.08. The zero-order chi connectivity index (χ0) is 18.3. The molecule has 2 aromatic heterocycles. The summed E-state index contributed by atoms with van der Waals surface area (Å²) < 4.78 is 3.65. The maximum Gasteiger partial charge on any atom is 0.291 e. The average Bonchev–Trinajstić information content (AvgIpc) is 3.27. The van der Waals surface area contributed by atoms with E-state index in [2.05, 4.69) is 27.4 Å². The Morgan fingerprint density at radius 1 is 1.38 bits per heavy atom. The third-order valence-electron chi connectivity index (χ3n) is 5.26. The summed E-state index contributed by atoms with van der Waals surface area (Å²) in [5, 5.41) is 11.4. The first-order chi connectivity index (χ1) is 12.6. The van der Waals surface area contributed by atoms with E-state index in [1.54, 1.807) is 24.0 Å². The van der Waals surface area contributed by atoms with Gasteiger partial charge in [0.15, 0.2) is 0 Å². The highest BCUT2D eigenvalue weighted by Crippen LogP contribution is 2.25. The molecule has 138 valence electrons. The van der Waals surface area contributed by atoms with E-state index in [0.717, 1.165) is 37.3 Å². The highest BCUT2D eigenvalue weighted by atomic mass is 16.2. The van der Waals surface area contributed by atoms with Crippen LogP contribution in [0.5, 0.6) is 0 Å². The Labute approximate surface area is 151 Å². The van der Waals surface area contributed by atoms with Gasteiger partial charge in [0, 0.05) is 26.1 Å². The van der Waals surface area contributed by atoms with Crippen LogP contribution in [0.4, 0.5) is 5.82 Å². The highest BCUT2D eigenvalue weighted by molar-refractivity contribution is 6.00. The summed E-state index contributed by atoms with van der Waals surface area (Å²) in [6.45, 7) is 2.68. The molecule has 4 rings (SSSR count). The minimum absolute atomic E-state index is 0.151.